The number of amides is 1. The van der Waals surface area contributed by atoms with Gasteiger partial charge in [-0.1, -0.05) is 51.5 Å². The molecule has 0 saturated heterocycles. The molecule has 2 rings (SSSR count). The number of hydrogen-bond donors (Lipinski definition) is 2. The lowest BCUT2D eigenvalue weighted by atomic mass is 9.94. The predicted molar refractivity (Wildman–Crippen MR) is 90.5 cm³/mol. The van der Waals surface area contributed by atoms with Crippen LogP contribution in [0.25, 0.3) is 0 Å². The fourth-order valence-electron chi connectivity index (χ4n) is 3.30. The van der Waals surface area contributed by atoms with Gasteiger partial charge in [0.25, 0.3) is 0 Å². The van der Waals surface area contributed by atoms with Crippen LogP contribution in [0.5, 0.6) is 0 Å². The highest BCUT2D eigenvalue weighted by Crippen LogP contribution is 2.27. The number of nitrogens with one attached hydrogen (secondary N) is 1. The van der Waals surface area contributed by atoms with E-state index in [1.807, 2.05) is 6.92 Å². The zero-order valence-corrected chi connectivity index (χ0v) is 14.2. The molecule has 1 aliphatic carbocycles. The lowest BCUT2D eigenvalue weighted by Crippen LogP contribution is -2.40. The Balaban J connectivity index is 1.90. The van der Waals surface area contributed by atoms with Crippen molar-refractivity contribution < 1.29 is 14.7 Å². The third-order valence-corrected chi connectivity index (χ3v) is 4.84. The van der Waals surface area contributed by atoms with E-state index in [9.17, 15) is 14.7 Å². The van der Waals surface area contributed by atoms with E-state index in [1.165, 1.54) is 5.56 Å². The van der Waals surface area contributed by atoms with Crippen molar-refractivity contribution in [2.24, 2.45) is 5.92 Å². The number of carboxylic acids is 1. The molecular formula is C19H27NO3. The Morgan fingerprint density at radius 2 is 1.74 bits per heavy atom. The molecule has 3 atom stereocenters. The molecule has 1 aromatic carbocycles. The van der Waals surface area contributed by atoms with Crippen LogP contribution in [0.3, 0.4) is 0 Å². The number of rotatable bonds is 6. The van der Waals surface area contributed by atoms with Crippen LogP contribution in [-0.4, -0.2) is 23.0 Å². The average Bonchev–Trinajstić information content (AvgIpc) is 2.95. The molecule has 0 aromatic heterocycles. The number of benzene rings is 1. The Morgan fingerprint density at radius 3 is 2.30 bits per heavy atom. The van der Waals surface area contributed by atoms with Crippen LogP contribution < -0.4 is 5.32 Å². The minimum absolute atomic E-state index is 0.0522. The summed E-state index contributed by atoms with van der Waals surface area (Å²) in [6.45, 7) is 6.35. The summed E-state index contributed by atoms with van der Waals surface area (Å²) in [6.07, 6.45) is 2.69. The van der Waals surface area contributed by atoms with Crippen molar-refractivity contribution in [3.05, 3.63) is 35.4 Å². The molecule has 0 heterocycles. The van der Waals surface area contributed by atoms with Gasteiger partial charge in [0.2, 0.25) is 5.91 Å². The molecule has 4 nitrogen and oxygen atoms in total. The quantitative estimate of drug-likeness (QED) is 0.841. The second kappa shape index (κ2) is 7.62. The Labute approximate surface area is 138 Å². The summed E-state index contributed by atoms with van der Waals surface area (Å²) in [5.74, 6) is -0.660. The lowest BCUT2D eigenvalue weighted by molar-refractivity contribution is -0.142. The van der Waals surface area contributed by atoms with Crippen molar-refractivity contribution in [1.82, 2.24) is 5.32 Å². The SMILES string of the molecule is CC(C)c1ccc(C(C)CC(=O)N[C@@H]2CCC[C@@H]2C(=O)O)cc1. The maximum absolute atomic E-state index is 12.2. The van der Waals surface area contributed by atoms with Gasteiger partial charge in [0.15, 0.2) is 0 Å². The molecule has 0 radical (unpaired) electrons. The van der Waals surface area contributed by atoms with E-state index in [4.69, 9.17) is 0 Å². The van der Waals surface area contributed by atoms with Gasteiger partial charge in [-0.05, 0) is 35.8 Å². The van der Waals surface area contributed by atoms with Crippen molar-refractivity contribution in [2.75, 3.05) is 0 Å². The molecule has 1 aromatic rings. The third-order valence-electron chi connectivity index (χ3n) is 4.84. The first-order chi connectivity index (χ1) is 10.9. The smallest absolute Gasteiger partial charge is 0.308 e. The molecule has 1 unspecified atom stereocenters. The number of hydrogen-bond acceptors (Lipinski definition) is 2. The Morgan fingerprint density at radius 1 is 1.13 bits per heavy atom. The second-order valence-corrected chi connectivity index (χ2v) is 6.98. The monoisotopic (exact) mass is 317 g/mol. The van der Waals surface area contributed by atoms with Crippen molar-refractivity contribution in [2.45, 2.75) is 64.3 Å². The average molecular weight is 317 g/mol. The maximum atomic E-state index is 12.2. The molecule has 126 valence electrons. The van der Waals surface area contributed by atoms with Crippen LogP contribution >= 0.6 is 0 Å². The summed E-state index contributed by atoms with van der Waals surface area (Å²) in [5, 5.41) is 12.1. The standard InChI is InChI=1S/C19H27NO3/c1-12(2)14-7-9-15(10-8-14)13(3)11-18(21)20-17-6-4-5-16(17)19(22)23/h7-10,12-13,16-17H,4-6,11H2,1-3H3,(H,20,21)(H,22,23)/t13?,16-,17+/m0/s1. The topological polar surface area (TPSA) is 66.4 Å². The molecule has 23 heavy (non-hydrogen) atoms. The maximum Gasteiger partial charge on any atom is 0.308 e. The molecule has 0 bridgehead atoms. The van der Waals surface area contributed by atoms with Gasteiger partial charge in [-0.25, -0.2) is 0 Å². The van der Waals surface area contributed by atoms with Crippen LogP contribution in [0.15, 0.2) is 24.3 Å². The molecule has 1 aliphatic rings. The fourth-order valence-corrected chi connectivity index (χ4v) is 3.30. The van der Waals surface area contributed by atoms with E-state index in [2.05, 4.69) is 43.4 Å². The van der Waals surface area contributed by atoms with Crippen LogP contribution in [0.4, 0.5) is 0 Å². The molecule has 0 aliphatic heterocycles. The normalized spacial score (nSPS) is 22.1. The van der Waals surface area contributed by atoms with Crippen molar-refractivity contribution >= 4 is 11.9 Å². The largest absolute Gasteiger partial charge is 0.481 e. The highest BCUT2D eigenvalue weighted by Gasteiger charge is 2.33. The van der Waals surface area contributed by atoms with Crippen molar-refractivity contribution in [1.29, 1.82) is 0 Å². The van der Waals surface area contributed by atoms with Gasteiger partial charge in [-0.15, -0.1) is 0 Å². The minimum Gasteiger partial charge on any atom is -0.481 e. The van der Waals surface area contributed by atoms with Gasteiger partial charge in [0, 0.05) is 12.5 Å². The summed E-state index contributed by atoms with van der Waals surface area (Å²) in [7, 11) is 0. The predicted octanol–water partition coefficient (Wildman–Crippen LogP) is 3.67. The van der Waals surface area contributed by atoms with E-state index in [-0.39, 0.29) is 17.9 Å². The first kappa shape index (κ1) is 17.5. The van der Waals surface area contributed by atoms with Gasteiger partial charge in [0.1, 0.15) is 0 Å². The molecule has 1 saturated carbocycles. The number of aliphatic carboxylic acids is 1. The first-order valence-corrected chi connectivity index (χ1v) is 8.50. The number of carboxylic acid groups (broad SMARTS) is 1. The van der Waals surface area contributed by atoms with Gasteiger partial charge < -0.3 is 10.4 Å². The van der Waals surface area contributed by atoms with Crippen LogP contribution in [0.1, 0.15) is 69.4 Å². The molecule has 1 fully saturated rings. The van der Waals surface area contributed by atoms with Crippen LogP contribution in [-0.2, 0) is 9.59 Å². The molecule has 4 heteroatoms. The summed E-state index contributed by atoms with van der Waals surface area (Å²) in [5.41, 5.74) is 2.44. The van der Waals surface area contributed by atoms with Crippen molar-refractivity contribution in [3.8, 4) is 0 Å². The van der Waals surface area contributed by atoms with Crippen LogP contribution in [0.2, 0.25) is 0 Å². The van der Waals surface area contributed by atoms with E-state index in [0.717, 1.165) is 18.4 Å². The van der Waals surface area contributed by atoms with E-state index in [0.29, 0.717) is 18.8 Å². The Bertz CT molecular complexity index is 550. The lowest BCUT2D eigenvalue weighted by Gasteiger charge is -2.19. The second-order valence-electron chi connectivity index (χ2n) is 6.98. The third kappa shape index (κ3) is 4.57. The van der Waals surface area contributed by atoms with Gasteiger partial charge in [-0.3, -0.25) is 9.59 Å². The zero-order chi connectivity index (χ0) is 17.0. The molecular weight excluding hydrogens is 290 g/mol. The van der Waals surface area contributed by atoms with Gasteiger partial charge in [-0.2, -0.15) is 0 Å². The Hall–Kier alpha value is -1.84. The highest BCUT2D eigenvalue weighted by atomic mass is 16.4. The van der Waals surface area contributed by atoms with E-state index >= 15 is 0 Å². The minimum atomic E-state index is -0.801. The summed E-state index contributed by atoms with van der Waals surface area (Å²) in [6, 6.07) is 8.19. The van der Waals surface area contributed by atoms with Crippen molar-refractivity contribution in [3.63, 3.8) is 0 Å². The highest BCUT2D eigenvalue weighted by molar-refractivity contribution is 5.79. The summed E-state index contributed by atoms with van der Waals surface area (Å²) < 4.78 is 0. The fraction of sp³-hybridized carbons (Fsp3) is 0.579. The van der Waals surface area contributed by atoms with E-state index in [1.54, 1.807) is 0 Å². The summed E-state index contributed by atoms with van der Waals surface area (Å²) in [4.78, 5) is 23.4. The van der Waals surface area contributed by atoms with E-state index < -0.39 is 11.9 Å². The number of carbonyl (C=O) groups excluding carboxylic acids is 1. The number of carbonyl (C=O) groups is 2. The van der Waals surface area contributed by atoms with Crippen LogP contribution in [0, 0.1) is 5.92 Å². The first-order valence-electron chi connectivity index (χ1n) is 8.50. The molecule has 0 spiro atoms. The summed E-state index contributed by atoms with van der Waals surface area (Å²) >= 11 is 0. The van der Waals surface area contributed by atoms with Gasteiger partial charge in [0.05, 0.1) is 5.92 Å². The zero-order valence-electron chi connectivity index (χ0n) is 14.2. The van der Waals surface area contributed by atoms with Gasteiger partial charge >= 0.3 is 5.97 Å². The molecule has 1 amide bonds. The Kier molecular flexibility index (Phi) is 5.80. The molecule has 2 N–H and O–H groups in total.